The van der Waals surface area contributed by atoms with Gasteiger partial charge in [0, 0.05) is 23.4 Å². The minimum Gasteiger partial charge on any atom is -0.493 e. The van der Waals surface area contributed by atoms with Crippen LogP contribution >= 0.6 is 0 Å². The van der Waals surface area contributed by atoms with Gasteiger partial charge in [-0.3, -0.25) is 4.79 Å². The Morgan fingerprint density at radius 1 is 1.12 bits per heavy atom. The fraction of sp³-hybridized carbons (Fsp3) is 0.0909. The number of benzene rings is 2. The molecule has 33 heavy (non-hydrogen) atoms. The number of anilines is 1. The molecule has 0 bridgehead atoms. The van der Waals surface area contributed by atoms with Crippen LogP contribution in [-0.4, -0.2) is 39.8 Å². The van der Waals surface area contributed by atoms with Gasteiger partial charge in [0.2, 0.25) is 0 Å². The van der Waals surface area contributed by atoms with Gasteiger partial charge in [0.25, 0.3) is 5.91 Å². The van der Waals surface area contributed by atoms with Crippen molar-refractivity contribution in [3.63, 3.8) is 0 Å². The predicted octanol–water partition coefficient (Wildman–Crippen LogP) is 4.18. The highest BCUT2D eigenvalue weighted by atomic mass is 19.3. The number of hydrogen-bond acceptors (Lipinski definition) is 7. The van der Waals surface area contributed by atoms with E-state index in [0.29, 0.717) is 17.1 Å². The van der Waals surface area contributed by atoms with Crippen LogP contribution in [0.25, 0.3) is 23.2 Å². The Morgan fingerprint density at radius 2 is 1.94 bits per heavy atom. The van der Waals surface area contributed by atoms with E-state index in [2.05, 4.69) is 25.6 Å². The number of hydrogen-bond donors (Lipinski definition) is 1. The Morgan fingerprint density at radius 3 is 2.64 bits per heavy atom. The van der Waals surface area contributed by atoms with E-state index in [-0.39, 0.29) is 22.9 Å². The van der Waals surface area contributed by atoms with Gasteiger partial charge in [-0.05, 0) is 34.7 Å². The third-order valence-electron chi connectivity index (χ3n) is 4.42. The third kappa shape index (κ3) is 5.03. The average Bonchev–Trinajstić information content (AvgIpc) is 3.50. The normalized spacial score (nSPS) is 11.5. The number of tetrazole rings is 1. The molecule has 2 aromatic carbocycles. The molecule has 9 nitrogen and oxygen atoms in total. The lowest BCUT2D eigenvalue weighted by molar-refractivity contribution is -0.111. The monoisotopic (exact) mass is 453 g/mol. The number of rotatable bonds is 8. The molecule has 11 heteroatoms. The van der Waals surface area contributed by atoms with Crippen molar-refractivity contribution in [1.82, 2.24) is 20.2 Å². The highest BCUT2D eigenvalue weighted by molar-refractivity contribution is 6.24. The molecule has 1 N–H and O–H groups in total. The number of aromatic nitrogens is 4. The van der Waals surface area contributed by atoms with Gasteiger partial charge >= 0.3 is 6.61 Å². The third-order valence-corrected chi connectivity index (χ3v) is 4.42. The van der Waals surface area contributed by atoms with Crippen molar-refractivity contribution in [2.45, 2.75) is 6.61 Å². The van der Waals surface area contributed by atoms with Gasteiger partial charge in [-0.25, -0.2) is 0 Å². The van der Waals surface area contributed by atoms with E-state index in [1.165, 1.54) is 42.3 Å². The summed E-state index contributed by atoms with van der Waals surface area (Å²) in [6.07, 6.45) is 2.91. The van der Waals surface area contributed by atoms with E-state index >= 15 is 0 Å². The maximum Gasteiger partial charge on any atom is 0.387 e. The summed E-state index contributed by atoms with van der Waals surface area (Å²) in [5.41, 5.74) is 0.898. The van der Waals surface area contributed by atoms with Crippen molar-refractivity contribution in [2.24, 2.45) is 0 Å². The highest BCUT2D eigenvalue weighted by Crippen LogP contribution is 2.32. The Bertz CT molecular complexity index is 1260. The first kappa shape index (κ1) is 21.7. The standard InChI is InChI=1S/C22H17F2N5O4/c1-31-18-10-9-15(12-19(18)33-22(23)24)25-21(30)17(13-16-8-5-11-32-16)29-20(26-27-28-29)14-6-3-2-4-7-14/h2-13,22H,1H3,(H,25,30)/b17-13-. The zero-order valence-corrected chi connectivity index (χ0v) is 17.2. The van der Waals surface area contributed by atoms with E-state index in [4.69, 9.17) is 9.15 Å². The van der Waals surface area contributed by atoms with Crippen LogP contribution in [0.3, 0.4) is 0 Å². The van der Waals surface area contributed by atoms with E-state index in [1.54, 1.807) is 24.3 Å². The van der Waals surface area contributed by atoms with Crippen LogP contribution in [0.5, 0.6) is 11.5 Å². The first-order valence-corrected chi connectivity index (χ1v) is 9.58. The Kier molecular flexibility index (Phi) is 6.39. The second-order valence-electron chi connectivity index (χ2n) is 6.52. The molecule has 1 amide bonds. The van der Waals surface area contributed by atoms with Gasteiger partial charge in [0.15, 0.2) is 17.3 Å². The average molecular weight is 453 g/mol. The van der Waals surface area contributed by atoms with Gasteiger partial charge in [-0.1, -0.05) is 30.3 Å². The van der Waals surface area contributed by atoms with E-state index in [9.17, 15) is 13.6 Å². The van der Waals surface area contributed by atoms with Crippen molar-refractivity contribution in [2.75, 3.05) is 12.4 Å². The summed E-state index contributed by atoms with van der Waals surface area (Å²) >= 11 is 0. The van der Waals surface area contributed by atoms with Crippen LogP contribution in [0.15, 0.2) is 71.3 Å². The Balaban J connectivity index is 1.71. The summed E-state index contributed by atoms with van der Waals surface area (Å²) in [6, 6.07) is 16.5. The zero-order chi connectivity index (χ0) is 23.2. The van der Waals surface area contributed by atoms with E-state index in [0.717, 1.165) is 0 Å². The fourth-order valence-corrected chi connectivity index (χ4v) is 2.99. The van der Waals surface area contributed by atoms with E-state index < -0.39 is 12.5 Å². The first-order chi connectivity index (χ1) is 16.0. The van der Waals surface area contributed by atoms with Crippen LogP contribution in [-0.2, 0) is 4.79 Å². The van der Waals surface area contributed by atoms with Gasteiger partial charge in [-0.15, -0.1) is 5.10 Å². The molecule has 0 spiro atoms. The van der Waals surface area contributed by atoms with Gasteiger partial charge < -0.3 is 19.2 Å². The topological polar surface area (TPSA) is 104 Å². The lowest BCUT2D eigenvalue weighted by Crippen LogP contribution is -2.19. The quantitative estimate of drug-likeness (QED) is 0.399. The van der Waals surface area contributed by atoms with Gasteiger partial charge in [-0.2, -0.15) is 13.5 Å². The molecular weight excluding hydrogens is 436 g/mol. The number of nitrogens with one attached hydrogen (secondary N) is 1. The molecule has 0 saturated carbocycles. The molecule has 0 unspecified atom stereocenters. The molecule has 0 aliphatic rings. The van der Waals surface area contributed by atoms with Crippen LogP contribution in [0.1, 0.15) is 5.76 Å². The van der Waals surface area contributed by atoms with Gasteiger partial charge in [0.05, 0.1) is 13.4 Å². The number of halogens is 2. The molecule has 168 valence electrons. The fourth-order valence-electron chi connectivity index (χ4n) is 2.99. The van der Waals surface area contributed by atoms with Crippen molar-refractivity contribution >= 4 is 23.4 Å². The molecule has 2 heterocycles. The summed E-state index contributed by atoms with van der Waals surface area (Å²) in [4.78, 5) is 13.3. The van der Waals surface area contributed by atoms with Crippen molar-refractivity contribution in [3.05, 3.63) is 72.7 Å². The summed E-state index contributed by atoms with van der Waals surface area (Å²) in [6.45, 7) is -3.06. The van der Waals surface area contributed by atoms with Crippen molar-refractivity contribution in [1.29, 1.82) is 0 Å². The predicted molar refractivity (Wildman–Crippen MR) is 114 cm³/mol. The molecule has 0 saturated heterocycles. The largest absolute Gasteiger partial charge is 0.493 e. The maximum absolute atomic E-state index is 13.3. The second-order valence-corrected chi connectivity index (χ2v) is 6.52. The molecule has 4 rings (SSSR count). The molecule has 4 aromatic rings. The number of amides is 1. The van der Waals surface area contributed by atoms with Crippen LogP contribution in [0.4, 0.5) is 14.5 Å². The summed E-state index contributed by atoms with van der Waals surface area (Å²) in [5.74, 6) is -0.0593. The number of alkyl halides is 2. The highest BCUT2D eigenvalue weighted by Gasteiger charge is 2.21. The van der Waals surface area contributed by atoms with Crippen LogP contribution in [0, 0.1) is 0 Å². The molecule has 0 fully saturated rings. The van der Waals surface area contributed by atoms with Crippen LogP contribution in [0.2, 0.25) is 0 Å². The smallest absolute Gasteiger partial charge is 0.387 e. The van der Waals surface area contributed by atoms with Crippen molar-refractivity contribution in [3.8, 4) is 22.9 Å². The number of carbonyl (C=O) groups is 1. The summed E-state index contributed by atoms with van der Waals surface area (Å²) < 4.78 is 41.6. The minimum atomic E-state index is -3.06. The van der Waals surface area contributed by atoms with Gasteiger partial charge in [0.1, 0.15) is 11.5 Å². The molecular formula is C22H17F2N5O4. The first-order valence-electron chi connectivity index (χ1n) is 9.58. The summed E-state index contributed by atoms with van der Waals surface area (Å²) in [5, 5.41) is 14.3. The van der Waals surface area contributed by atoms with Crippen LogP contribution < -0.4 is 14.8 Å². The van der Waals surface area contributed by atoms with E-state index in [1.807, 2.05) is 18.2 Å². The molecule has 0 aliphatic heterocycles. The SMILES string of the molecule is COc1ccc(NC(=O)/C(=C/c2ccco2)n2nnnc2-c2ccccc2)cc1OC(F)F. The molecule has 2 aromatic heterocycles. The summed E-state index contributed by atoms with van der Waals surface area (Å²) in [7, 11) is 1.32. The van der Waals surface area contributed by atoms with Crippen molar-refractivity contribution < 1.29 is 27.5 Å². The molecule has 0 atom stereocenters. The number of nitrogens with zero attached hydrogens (tertiary/aromatic N) is 4. The zero-order valence-electron chi connectivity index (χ0n) is 17.2. The number of ether oxygens (including phenoxy) is 2. The number of furan rings is 1. The number of carbonyl (C=O) groups excluding carboxylic acids is 1. The second kappa shape index (κ2) is 9.73. The Labute approximate surface area is 186 Å². The molecule has 0 radical (unpaired) electrons. The maximum atomic E-state index is 13.3. The lowest BCUT2D eigenvalue weighted by Gasteiger charge is -2.13. The minimum absolute atomic E-state index is 0.0287. The Hall–Kier alpha value is -4.54. The lowest BCUT2D eigenvalue weighted by atomic mass is 10.2. The molecule has 0 aliphatic carbocycles. The number of methoxy groups -OCH3 is 1.